The van der Waals surface area contributed by atoms with Crippen LogP contribution in [-0.4, -0.2) is 12.0 Å². The molecule has 0 amide bonds. The van der Waals surface area contributed by atoms with Crippen LogP contribution in [0.15, 0.2) is 78.9 Å². The Kier molecular flexibility index (Phi) is 8.25. The third-order valence-electron chi connectivity index (χ3n) is 4.38. The fourth-order valence-electron chi connectivity index (χ4n) is 2.72. The summed E-state index contributed by atoms with van der Waals surface area (Å²) in [6.45, 7) is 1.37. The minimum absolute atomic E-state index is 0.0128. The Bertz CT molecular complexity index is 1160. The Balaban J connectivity index is 1.78. The Hall–Kier alpha value is -3.00. The van der Waals surface area contributed by atoms with Crippen molar-refractivity contribution in [2.75, 3.05) is 0 Å². The maximum absolute atomic E-state index is 13.5. The zero-order valence-electron chi connectivity index (χ0n) is 17.8. The van der Waals surface area contributed by atoms with Crippen molar-refractivity contribution in [2.45, 2.75) is 25.7 Å². The van der Waals surface area contributed by atoms with E-state index in [1.54, 1.807) is 42.5 Å². The van der Waals surface area contributed by atoms with Gasteiger partial charge in [-0.05, 0) is 42.8 Å². The first-order valence-electron chi connectivity index (χ1n) is 9.95. The largest absolute Gasteiger partial charge is 0.513 e. The molecule has 0 bridgehead atoms. The van der Waals surface area contributed by atoms with Gasteiger partial charge < -0.3 is 13.8 Å². The van der Waals surface area contributed by atoms with Crippen LogP contribution in [0.4, 0.5) is 13.2 Å². The molecule has 0 aliphatic rings. The van der Waals surface area contributed by atoms with Gasteiger partial charge in [0.2, 0.25) is 0 Å². The number of carbonyl (C=O) groups excluding carboxylic acids is 1. The highest BCUT2D eigenvalue weighted by Crippen LogP contribution is 2.47. The molecule has 180 valence electrons. The van der Waals surface area contributed by atoms with Crippen LogP contribution in [0.25, 0.3) is 0 Å². The normalized spacial score (nSPS) is 14.0. The van der Waals surface area contributed by atoms with E-state index in [1.807, 2.05) is 6.07 Å². The van der Waals surface area contributed by atoms with Crippen LogP contribution in [0.2, 0.25) is 5.02 Å². The first kappa shape index (κ1) is 25.6. The first-order valence-corrected chi connectivity index (χ1v) is 11.9. The minimum atomic E-state index is -4.62. The highest BCUT2D eigenvalue weighted by atomic mass is 35.5. The van der Waals surface area contributed by atoms with Crippen LogP contribution in [0.1, 0.15) is 18.1 Å². The lowest BCUT2D eigenvalue weighted by molar-refractivity contribution is -0.146. The summed E-state index contributed by atoms with van der Waals surface area (Å²) in [5.74, 6) is -0.944. The van der Waals surface area contributed by atoms with E-state index in [-0.39, 0.29) is 18.1 Å². The van der Waals surface area contributed by atoms with Gasteiger partial charge in [-0.2, -0.15) is 18.3 Å². The van der Waals surface area contributed by atoms with Gasteiger partial charge in [0.25, 0.3) is 0 Å². The van der Waals surface area contributed by atoms with Crippen LogP contribution >= 0.6 is 19.3 Å². The van der Waals surface area contributed by atoms with Crippen molar-refractivity contribution in [3.63, 3.8) is 0 Å². The molecule has 3 rings (SSSR count). The van der Waals surface area contributed by atoms with E-state index in [2.05, 4.69) is 5.09 Å². The number of halogens is 4. The van der Waals surface area contributed by atoms with Gasteiger partial charge >= 0.3 is 19.9 Å². The van der Waals surface area contributed by atoms with Crippen LogP contribution in [0.5, 0.6) is 11.5 Å². The molecule has 0 aliphatic carbocycles. The van der Waals surface area contributed by atoms with Crippen LogP contribution in [0.3, 0.4) is 0 Å². The Labute approximate surface area is 199 Å². The zero-order valence-corrected chi connectivity index (χ0v) is 19.4. The summed E-state index contributed by atoms with van der Waals surface area (Å²) in [5, 5.41) is 2.02. The zero-order chi connectivity index (χ0) is 24.8. The first-order chi connectivity index (χ1) is 16.1. The number of hydrogen-bond acceptors (Lipinski definition) is 5. The van der Waals surface area contributed by atoms with Crippen molar-refractivity contribution in [1.82, 2.24) is 5.09 Å². The number of hydrogen-bond donors (Lipinski definition) is 1. The van der Waals surface area contributed by atoms with E-state index < -0.39 is 36.5 Å². The highest BCUT2D eigenvalue weighted by molar-refractivity contribution is 7.52. The van der Waals surface area contributed by atoms with Gasteiger partial charge in [-0.3, -0.25) is 4.79 Å². The van der Waals surface area contributed by atoms with Gasteiger partial charge in [0, 0.05) is 0 Å². The third-order valence-corrected chi connectivity index (χ3v) is 6.26. The van der Waals surface area contributed by atoms with Gasteiger partial charge in [0.05, 0.1) is 10.6 Å². The van der Waals surface area contributed by atoms with E-state index in [1.165, 1.54) is 19.1 Å². The van der Waals surface area contributed by atoms with Crippen molar-refractivity contribution in [2.24, 2.45) is 0 Å². The van der Waals surface area contributed by atoms with Gasteiger partial charge in [-0.15, -0.1) is 0 Å². The second kappa shape index (κ2) is 11.0. The molecule has 0 aromatic heterocycles. The Morgan fingerprint density at radius 3 is 2.21 bits per heavy atom. The average molecular weight is 514 g/mol. The van der Waals surface area contributed by atoms with E-state index in [4.69, 9.17) is 25.4 Å². The molecule has 34 heavy (non-hydrogen) atoms. The predicted octanol–water partition coefficient (Wildman–Crippen LogP) is 6.65. The van der Waals surface area contributed by atoms with Crippen molar-refractivity contribution in [3.8, 4) is 11.5 Å². The summed E-state index contributed by atoms with van der Waals surface area (Å²) in [5.41, 5.74) is -0.256. The van der Waals surface area contributed by atoms with E-state index in [0.717, 1.165) is 17.7 Å². The van der Waals surface area contributed by atoms with Gasteiger partial charge in [0.15, 0.2) is 0 Å². The number of para-hydroxylation sites is 1. The SMILES string of the molecule is C[C@H](NP(=O)(Oc1ccccc1)Oc1ccc(C(F)(F)F)cc1Cl)C(=O)OCc1ccccc1. The molecule has 6 nitrogen and oxygen atoms in total. The molecule has 0 saturated heterocycles. The minimum Gasteiger partial charge on any atom is -0.460 e. The van der Waals surface area contributed by atoms with E-state index in [0.29, 0.717) is 6.07 Å². The summed E-state index contributed by atoms with van der Waals surface area (Å²) >= 11 is 5.94. The lowest BCUT2D eigenvalue weighted by Crippen LogP contribution is -2.35. The highest BCUT2D eigenvalue weighted by Gasteiger charge is 2.36. The molecule has 0 radical (unpaired) electrons. The molecule has 2 atom stereocenters. The van der Waals surface area contributed by atoms with E-state index in [9.17, 15) is 22.5 Å². The lowest BCUT2D eigenvalue weighted by atomic mass is 10.2. The second-order valence-corrected chi connectivity index (χ2v) is 9.11. The Morgan fingerprint density at radius 1 is 1.00 bits per heavy atom. The maximum atomic E-state index is 13.5. The summed E-state index contributed by atoms with van der Waals surface area (Å²) in [6.07, 6.45) is -4.62. The fraction of sp³-hybridized carbons (Fsp3) is 0.174. The summed E-state index contributed by atoms with van der Waals surface area (Å²) in [6, 6.07) is 18.0. The molecule has 1 unspecified atom stereocenters. The van der Waals surface area contributed by atoms with Crippen LogP contribution in [-0.2, 0) is 26.9 Å². The average Bonchev–Trinajstić information content (AvgIpc) is 2.79. The molecular formula is C23H20ClF3NO5P. The second-order valence-electron chi connectivity index (χ2n) is 7.08. The maximum Gasteiger partial charge on any atom is 0.513 e. The summed E-state index contributed by atoms with van der Waals surface area (Å²) in [7, 11) is -4.37. The van der Waals surface area contributed by atoms with Crippen molar-refractivity contribution in [1.29, 1.82) is 0 Å². The summed E-state index contributed by atoms with van der Waals surface area (Å²) in [4.78, 5) is 12.5. The topological polar surface area (TPSA) is 73.9 Å². The predicted molar refractivity (Wildman–Crippen MR) is 121 cm³/mol. The molecule has 3 aromatic carbocycles. The third kappa shape index (κ3) is 7.25. The Morgan fingerprint density at radius 2 is 1.62 bits per heavy atom. The summed E-state index contributed by atoms with van der Waals surface area (Å²) < 4.78 is 68.5. The molecule has 1 N–H and O–H groups in total. The fourth-order valence-corrected chi connectivity index (χ4v) is 4.53. The molecule has 0 fully saturated rings. The van der Waals surface area contributed by atoms with Crippen LogP contribution in [0, 0.1) is 0 Å². The van der Waals surface area contributed by atoms with E-state index >= 15 is 0 Å². The monoisotopic (exact) mass is 513 g/mol. The number of esters is 1. The molecule has 0 saturated carbocycles. The number of ether oxygens (including phenoxy) is 1. The van der Waals surface area contributed by atoms with Gasteiger partial charge in [0.1, 0.15) is 24.1 Å². The quantitative estimate of drug-likeness (QED) is 0.255. The molecule has 0 aliphatic heterocycles. The number of benzene rings is 3. The molecule has 0 heterocycles. The van der Waals surface area contributed by atoms with Gasteiger partial charge in [-0.25, -0.2) is 4.57 Å². The number of nitrogens with one attached hydrogen (secondary N) is 1. The number of alkyl halides is 3. The van der Waals surface area contributed by atoms with Gasteiger partial charge in [-0.1, -0.05) is 60.1 Å². The standard InChI is InChI=1S/C23H20ClF3NO5P/c1-16(22(29)31-15-17-8-4-2-5-9-17)28-34(30,32-19-10-6-3-7-11-19)33-21-13-12-18(14-20(21)24)23(25,26)27/h2-14,16H,15H2,1H3,(H,28,30)/t16-,34?/m0/s1. The molecule has 3 aromatic rings. The van der Waals surface area contributed by atoms with Crippen molar-refractivity contribution >= 4 is 25.3 Å². The molecule has 0 spiro atoms. The van der Waals surface area contributed by atoms with Crippen LogP contribution < -0.4 is 14.1 Å². The molecule has 11 heteroatoms. The van der Waals surface area contributed by atoms with Crippen molar-refractivity contribution in [3.05, 3.63) is 95.0 Å². The smallest absolute Gasteiger partial charge is 0.460 e. The lowest BCUT2D eigenvalue weighted by Gasteiger charge is -2.23. The number of carbonyl (C=O) groups is 1. The van der Waals surface area contributed by atoms with Crippen molar-refractivity contribution < 1.29 is 36.3 Å². The molecular weight excluding hydrogens is 494 g/mol. The number of rotatable bonds is 9.